The third kappa shape index (κ3) is 4.07. The Morgan fingerprint density at radius 1 is 1.43 bits per heavy atom. The Bertz CT molecular complexity index is 482. The van der Waals surface area contributed by atoms with Gasteiger partial charge >= 0.3 is 6.03 Å². The second-order valence-electron chi connectivity index (χ2n) is 5.70. The first-order chi connectivity index (χ1) is 9.97. The van der Waals surface area contributed by atoms with E-state index in [9.17, 15) is 4.79 Å². The molecule has 1 aliphatic rings. The molecule has 2 atom stereocenters. The van der Waals surface area contributed by atoms with Gasteiger partial charge in [0, 0.05) is 45.5 Å². The summed E-state index contributed by atoms with van der Waals surface area (Å²) in [6.07, 6.45) is 1.91. The van der Waals surface area contributed by atoms with E-state index >= 15 is 0 Å². The number of amides is 2. The molecule has 6 heteroatoms. The predicted octanol–water partition coefficient (Wildman–Crippen LogP) is 1.47. The minimum Gasteiger partial charge on any atom is -0.372 e. The van der Waals surface area contributed by atoms with Crippen molar-refractivity contribution in [1.29, 1.82) is 0 Å². The van der Waals surface area contributed by atoms with E-state index in [0.717, 1.165) is 11.4 Å². The molecule has 6 nitrogen and oxygen atoms in total. The van der Waals surface area contributed by atoms with Crippen molar-refractivity contribution in [3.8, 4) is 0 Å². The Hall–Kier alpha value is -1.82. The number of morpholine rings is 1. The van der Waals surface area contributed by atoms with Gasteiger partial charge in [0.2, 0.25) is 0 Å². The molecular weight excluding hydrogens is 268 g/mol. The van der Waals surface area contributed by atoms with Gasteiger partial charge in [-0.05, 0) is 19.9 Å². The maximum Gasteiger partial charge on any atom is 0.317 e. The summed E-state index contributed by atoms with van der Waals surface area (Å²) in [7, 11) is 3.89. The van der Waals surface area contributed by atoms with Crippen molar-refractivity contribution in [3.05, 3.63) is 23.9 Å². The van der Waals surface area contributed by atoms with E-state index in [2.05, 4.69) is 10.3 Å². The summed E-state index contributed by atoms with van der Waals surface area (Å²) in [5.41, 5.74) is 1.00. The third-order valence-corrected chi connectivity index (χ3v) is 3.43. The summed E-state index contributed by atoms with van der Waals surface area (Å²) in [5, 5.41) is 2.97. The normalized spacial score (nSPS) is 22.0. The van der Waals surface area contributed by atoms with Crippen LogP contribution in [0.4, 0.5) is 10.6 Å². The number of ether oxygens (including phenoxy) is 1. The van der Waals surface area contributed by atoms with Gasteiger partial charge in [-0.1, -0.05) is 6.07 Å². The molecule has 1 aliphatic heterocycles. The highest BCUT2D eigenvalue weighted by Gasteiger charge is 2.25. The first-order valence-electron chi connectivity index (χ1n) is 7.27. The number of carbonyl (C=O) groups excluding carboxylic acids is 1. The van der Waals surface area contributed by atoms with E-state index in [1.54, 1.807) is 6.20 Å². The van der Waals surface area contributed by atoms with Gasteiger partial charge in [-0.2, -0.15) is 0 Å². The van der Waals surface area contributed by atoms with Gasteiger partial charge in [0.1, 0.15) is 5.82 Å². The molecule has 1 aromatic heterocycles. The Morgan fingerprint density at radius 2 is 2.10 bits per heavy atom. The highest BCUT2D eigenvalue weighted by Crippen LogP contribution is 2.15. The highest BCUT2D eigenvalue weighted by molar-refractivity contribution is 5.74. The van der Waals surface area contributed by atoms with Crippen molar-refractivity contribution >= 4 is 11.8 Å². The van der Waals surface area contributed by atoms with Crippen molar-refractivity contribution < 1.29 is 9.53 Å². The minimum absolute atomic E-state index is 0.0504. The van der Waals surface area contributed by atoms with Crippen LogP contribution in [-0.2, 0) is 11.3 Å². The number of rotatable bonds is 3. The van der Waals surface area contributed by atoms with Crippen LogP contribution in [0.15, 0.2) is 18.3 Å². The first kappa shape index (κ1) is 15.6. The van der Waals surface area contributed by atoms with Crippen molar-refractivity contribution in [1.82, 2.24) is 15.2 Å². The fourth-order valence-electron chi connectivity index (χ4n) is 2.60. The Balaban J connectivity index is 1.95. The molecule has 0 spiro atoms. The topological polar surface area (TPSA) is 57.7 Å². The lowest BCUT2D eigenvalue weighted by molar-refractivity contribution is -0.0545. The standard InChI is InChI=1S/C15H24N4O2/c1-11-9-19(10-12(2)21-11)15(20)17-8-13-6-5-7-16-14(13)18(3)4/h5-7,11-12H,8-10H2,1-4H3,(H,17,20). The van der Waals surface area contributed by atoms with Crippen LogP contribution in [-0.4, -0.2) is 55.3 Å². The molecule has 1 fully saturated rings. The molecule has 1 aromatic rings. The zero-order valence-electron chi connectivity index (χ0n) is 13.2. The van der Waals surface area contributed by atoms with Crippen LogP contribution in [0.2, 0.25) is 0 Å². The average Bonchev–Trinajstić information content (AvgIpc) is 2.43. The molecule has 0 bridgehead atoms. The van der Waals surface area contributed by atoms with E-state index in [-0.39, 0.29) is 18.2 Å². The van der Waals surface area contributed by atoms with Crippen molar-refractivity contribution in [2.24, 2.45) is 0 Å². The molecule has 2 unspecified atom stereocenters. The van der Waals surface area contributed by atoms with Gasteiger partial charge in [0.25, 0.3) is 0 Å². The molecule has 0 saturated carbocycles. The quantitative estimate of drug-likeness (QED) is 0.916. The summed E-state index contributed by atoms with van der Waals surface area (Å²) < 4.78 is 5.64. The largest absolute Gasteiger partial charge is 0.372 e. The molecule has 0 aliphatic carbocycles. The predicted molar refractivity (Wildman–Crippen MR) is 82.4 cm³/mol. The zero-order chi connectivity index (χ0) is 15.4. The number of urea groups is 1. The number of pyridine rings is 1. The maximum absolute atomic E-state index is 12.3. The lowest BCUT2D eigenvalue weighted by atomic mass is 10.2. The van der Waals surface area contributed by atoms with Crippen LogP contribution in [0.3, 0.4) is 0 Å². The molecule has 2 rings (SSSR count). The number of hydrogen-bond acceptors (Lipinski definition) is 4. The van der Waals surface area contributed by atoms with Gasteiger partial charge in [-0.25, -0.2) is 9.78 Å². The van der Waals surface area contributed by atoms with Crippen LogP contribution in [0.25, 0.3) is 0 Å². The van der Waals surface area contributed by atoms with Crippen molar-refractivity contribution in [2.45, 2.75) is 32.6 Å². The Kier molecular flexibility index (Phi) is 5.01. The SMILES string of the molecule is CC1CN(C(=O)NCc2cccnc2N(C)C)CC(C)O1. The lowest BCUT2D eigenvalue weighted by Crippen LogP contribution is -2.51. The molecule has 0 radical (unpaired) electrons. The minimum atomic E-state index is -0.0504. The lowest BCUT2D eigenvalue weighted by Gasteiger charge is -2.35. The maximum atomic E-state index is 12.3. The zero-order valence-corrected chi connectivity index (χ0v) is 13.2. The van der Waals surface area contributed by atoms with Crippen molar-refractivity contribution in [2.75, 3.05) is 32.1 Å². The number of anilines is 1. The fourth-order valence-corrected chi connectivity index (χ4v) is 2.60. The molecule has 2 heterocycles. The molecule has 116 valence electrons. The van der Waals surface area contributed by atoms with Crippen LogP contribution in [0.5, 0.6) is 0 Å². The van der Waals surface area contributed by atoms with E-state index in [1.807, 2.05) is 49.9 Å². The van der Waals surface area contributed by atoms with Crippen molar-refractivity contribution in [3.63, 3.8) is 0 Å². The van der Waals surface area contributed by atoms with Gasteiger partial charge in [-0.15, -0.1) is 0 Å². The molecule has 1 N–H and O–H groups in total. The highest BCUT2D eigenvalue weighted by atomic mass is 16.5. The first-order valence-corrected chi connectivity index (χ1v) is 7.27. The van der Waals surface area contributed by atoms with E-state index in [1.165, 1.54) is 0 Å². The summed E-state index contributed by atoms with van der Waals surface area (Å²) in [4.78, 5) is 20.4. The van der Waals surface area contributed by atoms with Gasteiger partial charge in [-0.3, -0.25) is 0 Å². The molecule has 21 heavy (non-hydrogen) atoms. The molecule has 2 amide bonds. The number of nitrogens with zero attached hydrogens (tertiary/aromatic N) is 3. The summed E-state index contributed by atoms with van der Waals surface area (Å²) in [5.74, 6) is 0.876. The second-order valence-corrected chi connectivity index (χ2v) is 5.70. The molecule has 1 saturated heterocycles. The number of carbonyl (C=O) groups is 1. The van der Waals surface area contributed by atoms with Crippen LogP contribution in [0.1, 0.15) is 19.4 Å². The number of aromatic nitrogens is 1. The second kappa shape index (κ2) is 6.76. The number of hydrogen-bond donors (Lipinski definition) is 1. The Labute approximate surface area is 126 Å². The van der Waals surface area contributed by atoms with Crippen LogP contribution in [0, 0.1) is 0 Å². The monoisotopic (exact) mass is 292 g/mol. The Morgan fingerprint density at radius 3 is 2.71 bits per heavy atom. The fraction of sp³-hybridized carbons (Fsp3) is 0.600. The average molecular weight is 292 g/mol. The smallest absolute Gasteiger partial charge is 0.317 e. The summed E-state index contributed by atoms with van der Waals surface area (Å²) in [6.45, 7) is 5.70. The van der Waals surface area contributed by atoms with E-state index in [0.29, 0.717) is 19.6 Å². The third-order valence-electron chi connectivity index (χ3n) is 3.43. The van der Waals surface area contributed by atoms with E-state index < -0.39 is 0 Å². The van der Waals surface area contributed by atoms with Gasteiger partial charge in [0.15, 0.2) is 0 Å². The summed E-state index contributed by atoms with van der Waals surface area (Å²) in [6, 6.07) is 3.81. The van der Waals surface area contributed by atoms with Gasteiger partial charge in [0.05, 0.1) is 12.2 Å². The summed E-state index contributed by atoms with van der Waals surface area (Å²) >= 11 is 0. The van der Waals surface area contributed by atoms with Crippen LogP contribution < -0.4 is 10.2 Å². The van der Waals surface area contributed by atoms with E-state index in [4.69, 9.17) is 4.74 Å². The molecule has 0 aromatic carbocycles. The van der Waals surface area contributed by atoms with Crippen LogP contribution >= 0.6 is 0 Å². The van der Waals surface area contributed by atoms with Gasteiger partial charge < -0.3 is 19.9 Å². The number of nitrogens with one attached hydrogen (secondary N) is 1. The molecular formula is C15H24N4O2.